The third kappa shape index (κ3) is 1.81. The quantitative estimate of drug-likeness (QED) is 0.257. The summed E-state index contributed by atoms with van der Waals surface area (Å²) in [5.41, 5.74) is -1.51. The van der Waals surface area contributed by atoms with Crippen LogP contribution < -0.4 is 0 Å². The Kier molecular flexibility index (Phi) is 3.28. The molecule has 0 atom stereocenters. The van der Waals surface area contributed by atoms with Gasteiger partial charge in [-0.3, -0.25) is 4.79 Å². The molecule has 0 aliphatic rings. The van der Waals surface area contributed by atoms with E-state index in [2.05, 4.69) is 0 Å². The summed E-state index contributed by atoms with van der Waals surface area (Å²) in [4.78, 5) is 10.8. The first-order valence-corrected chi connectivity index (χ1v) is 4.05. The van der Waals surface area contributed by atoms with Gasteiger partial charge in [-0.05, 0) is 0 Å². The number of Topliss-reactive ketones (excluding diaryl/α,β-unsaturated/α-hetero) is 1. The maximum Gasteiger partial charge on any atom is 0.200 e. The lowest BCUT2D eigenvalue weighted by molar-refractivity contribution is 0.101. The minimum Gasteiger partial charge on any atom is -0.293 e. The van der Waals surface area contributed by atoms with Gasteiger partial charge in [-0.1, -0.05) is 0 Å². The lowest BCUT2D eigenvalue weighted by Crippen LogP contribution is -2.13. The zero-order chi connectivity index (χ0) is 11.7. The highest BCUT2D eigenvalue weighted by Gasteiger charge is 2.28. The fourth-order valence-corrected chi connectivity index (χ4v) is 1.05. The number of carbonyl (C=O) groups excluding carboxylic acids is 1. The van der Waals surface area contributed by atoms with Crippen LogP contribution in [0.15, 0.2) is 0 Å². The predicted octanol–water partition coefficient (Wildman–Crippen LogP) is 2.80. The third-order valence-electron chi connectivity index (χ3n) is 1.61. The summed E-state index contributed by atoms with van der Waals surface area (Å²) in [6.07, 6.45) is 0. The van der Waals surface area contributed by atoms with Crippen LogP contribution in [0.3, 0.4) is 0 Å². The van der Waals surface area contributed by atoms with Gasteiger partial charge < -0.3 is 0 Å². The van der Waals surface area contributed by atoms with Crippen LogP contribution in [0.2, 0.25) is 0 Å². The van der Waals surface area contributed by atoms with E-state index in [4.69, 9.17) is 11.6 Å². The Morgan fingerprint density at radius 1 is 0.867 bits per heavy atom. The van der Waals surface area contributed by atoms with Crippen LogP contribution in [0.1, 0.15) is 10.4 Å². The van der Waals surface area contributed by atoms with Crippen molar-refractivity contribution in [3.05, 3.63) is 34.6 Å². The van der Waals surface area contributed by atoms with Gasteiger partial charge in [0, 0.05) is 0 Å². The van der Waals surface area contributed by atoms with E-state index in [0.29, 0.717) is 0 Å². The Bertz CT molecular complexity index is 403. The molecule has 7 heteroatoms. The van der Waals surface area contributed by atoms with Crippen molar-refractivity contribution in [1.82, 2.24) is 0 Å². The zero-order valence-corrected chi connectivity index (χ0v) is 7.64. The molecule has 0 fully saturated rings. The van der Waals surface area contributed by atoms with E-state index in [0.717, 1.165) is 0 Å². The van der Waals surface area contributed by atoms with Crippen LogP contribution in [-0.4, -0.2) is 11.7 Å². The SMILES string of the molecule is O=C(CCl)c1c(F)c(F)c(F)c(F)c1F. The first kappa shape index (κ1) is 11.9. The second-order valence-electron chi connectivity index (χ2n) is 2.50. The number of carbonyl (C=O) groups is 1. The first-order valence-electron chi connectivity index (χ1n) is 3.52. The standard InChI is InChI=1S/C8H2ClF5O/c9-1-2(15)3-4(10)6(12)8(14)7(13)5(3)11/h1H2. The number of ketones is 1. The van der Waals surface area contributed by atoms with E-state index in [1.807, 2.05) is 0 Å². The summed E-state index contributed by atoms with van der Waals surface area (Å²) in [6, 6.07) is 0. The summed E-state index contributed by atoms with van der Waals surface area (Å²) in [5, 5.41) is 0. The molecule has 0 radical (unpaired) electrons. The lowest BCUT2D eigenvalue weighted by Gasteiger charge is -2.05. The molecular formula is C8H2ClF5O. The molecule has 0 amide bonds. The van der Waals surface area contributed by atoms with Crippen LogP contribution in [0.5, 0.6) is 0 Å². The monoisotopic (exact) mass is 244 g/mol. The zero-order valence-electron chi connectivity index (χ0n) is 6.88. The molecular weight excluding hydrogens is 243 g/mol. The van der Waals surface area contributed by atoms with Crippen molar-refractivity contribution in [3.8, 4) is 0 Å². The smallest absolute Gasteiger partial charge is 0.200 e. The summed E-state index contributed by atoms with van der Waals surface area (Å²) < 4.78 is 63.3. The number of halogens is 6. The molecule has 0 saturated heterocycles. The highest BCUT2D eigenvalue weighted by Crippen LogP contribution is 2.23. The normalized spacial score (nSPS) is 10.5. The molecule has 1 nitrogen and oxygen atoms in total. The van der Waals surface area contributed by atoms with Gasteiger partial charge >= 0.3 is 0 Å². The van der Waals surface area contributed by atoms with Crippen molar-refractivity contribution in [2.24, 2.45) is 0 Å². The Hall–Kier alpha value is -1.17. The second kappa shape index (κ2) is 4.14. The Labute approximate surface area is 85.5 Å². The highest BCUT2D eigenvalue weighted by atomic mass is 35.5. The molecule has 0 bridgehead atoms. The minimum atomic E-state index is -2.31. The molecule has 0 heterocycles. The van der Waals surface area contributed by atoms with E-state index in [9.17, 15) is 26.7 Å². The Balaban J connectivity index is 3.60. The molecule has 0 aliphatic heterocycles. The van der Waals surface area contributed by atoms with Gasteiger partial charge in [0.1, 0.15) is 0 Å². The molecule has 82 valence electrons. The summed E-state index contributed by atoms with van der Waals surface area (Å²) in [5.74, 6) is -13.2. The van der Waals surface area contributed by atoms with Crippen molar-refractivity contribution >= 4 is 17.4 Å². The minimum absolute atomic E-state index is 0.877. The van der Waals surface area contributed by atoms with Crippen LogP contribution in [0.25, 0.3) is 0 Å². The van der Waals surface area contributed by atoms with Gasteiger partial charge in [0.05, 0.1) is 11.4 Å². The van der Waals surface area contributed by atoms with Gasteiger partial charge in [-0.15, -0.1) is 11.6 Å². The molecule has 0 aliphatic carbocycles. The molecule has 0 unspecified atom stereocenters. The molecule has 1 aromatic carbocycles. The van der Waals surface area contributed by atoms with E-state index in [-0.39, 0.29) is 0 Å². The molecule has 1 aromatic rings. The number of hydrogen-bond donors (Lipinski definition) is 0. The van der Waals surface area contributed by atoms with Crippen molar-refractivity contribution in [2.45, 2.75) is 0 Å². The van der Waals surface area contributed by atoms with E-state index < -0.39 is 46.3 Å². The van der Waals surface area contributed by atoms with E-state index in [1.54, 1.807) is 0 Å². The molecule has 0 N–H and O–H groups in total. The van der Waals surface area contributed by atoms with Crippen LogP contribution >= 0.6 is 11.6 Å². The number of alkyl halides is 1. The van der Waals surface area contributed by atoms with Crippen LogP contribution in [0.4, 0.5) is 22.0 Å². The predicted molar refractivity (Wildman–Crippen MR) is 41.3 cm³/mol. The molecule has 0 saturated carbocycles. The maximum absolute atomic E-state index is 12.8. The lowest BCUT2D eigenvalue weighted by atomic mass is 10.1. The third-order valence-corrected chi connectivity index (χ3v) is 1.85. The summed E-state index contributed by atoms with van der Waals surface area (Å²) in [7, 11) is 0. The van der Waals surface area contributed by atoms with Crippen molar-refractivity contribution in [1.29, 1.82) is 0 Å². The Morgan fingerprint density at radius 3 is 1.53 bits per heavy atom. The summed E-state index contributed by atoms with van der Waals surface area (Å²) >= 11 is 4.95. The highest BCUT2D eigenvalue weighted by molar-refractivity contribution is 6.30. The van der Waals surface area contributed by atoms with Crippen molar-refractivity contribution in [3.63, 3.8) is 0 Å². The fourth-order valence-electron chi connectivity index (χ4n) is 0.917. The largest absolute Gasteiger partial charge is 0.293 e. The number of rotatable bonds is 2. The van der Waals surface area contributed by atoms with E-state index in [1.165, 1.54) is 0 Å². The summed E-state index contributed by atoms with van der Waals surface area (Å²) in [6.45, 7) is 0. The fraction of sp³-hybridized carbons (Fsp3) is 0.125. The second-order valence-corrected chi connectivity index (χ2v) is 2.77. The number of hydrogen-bond acceptors (Lipinski definition) is 1. The van der Waals surface area contributed by atoms with Gasteiger partial charge in [-0.25, -0.2) is 22.0 Å². The van der Waals surface area contributed by atoms with Crippen LogP contribution in [-0.2, 0) is 0 Å². The first-order chi connectivity index (χ1) is 6.91. The van der Waals surface area contributed by atoms with Gasteiger partial charge in [0.25, 0.3) is 0 Å². The molecule has 0 spiro atoms. The topological polar surface area (TPSA) is 17.1 Å². The van der Waals surface area contributed by atoms with Crippen molar-refractivity contribution < 1.29 is 26.7 Å². The van der Waals surface area contributed by atoms with Gasteiger partial charge in [0.15, 0.2) is 29.1 Å². The Morgan fingerprint density at radius 2 is 1.20 bits per heavy atom. The molecule has 15 heavy (non-hydrogen) atoms. The average molecular weight is 245 g/mol. The number of benzene rings is 1. The van der Waals surface area contributed by atoms with Crippen molar-refractivity contribution in [2.75, 3.05) is 5.88 Å². The molecule has 1 rings (SSSR count). The maximum atomic E-state index is 12.8. The van der Waals surface area contributed by atoms with Gasteiger partial charge in [0.2, 0.25) is 5.82 Å². The van der Waals surface area contributed by atoms with Gasteiger partial charge in [-0.2, -0.15) is 0 Å². The average Bonchev–Trinajstić information content (AvgIpc) is 2.23. The van der Waals surface area contributed by atoms with E-state index >= 15 is 0 Å². The molecule has 0 aromatic heterocycles. The van der Waals surface area contributed by atoms with Crippen LogP contribution in [0, 0.1) is 29.1 Å².